The molecule has 4 heteroatoms. The van der Waals surface area contributed by atoms with Gasteiger partial charge in [-0.2, -0.15) is 0 Å². The van der Waals surface area contributed by atoms with Crippen molar-refractivity contribution in [1.29, 1.82) is 0 Å². The smallest absolute Gasteiger partial charge is 0.323 e. The van der Waals surface area contributed by atoms with Crippen LogP contribution in [0.4, 0.5) is 0 Å². The van der Waals surface area contributed by atoms with Crippen LogP contribution in [-0.4, -0.2) is 15.6 Å². The number of carboxylic acid groups (broad SMARTS) is 1. The predicted octanol–water partition coefficient (Wildman–Crippen LogP) is 4.87. The first kappa shape index (κ1) is 15.4. The van der Waals surface area contributed by atoms with E-state index in [1.165, 1.54) is 0 Å². The molecule has 3 nitrogen and oxygen atoms in total. The van der Waals surface area contributed by atoms with Gasteiger partial charge < -0.3 is 9.67 Å². The summed E-state index contributed by atoms with van der Waals surface area (Å²) in [6.07, 6.45) is 0. The van der Waals surface area contributed by atoms with Gasteiger partial charge in [-0.25, -0.2) is 0 Å². The van der Waals surface area contributed by atoms with E-state index in [0.717, 1.165) is 28.1 Å². The Morgan fingerprint density at radius 2 is 1.65 bits per heavy atom. The van der Waals surface area contributed by atoms with Crippen molar-refractivity contribution in [3.63, 3.8) is 0 Å². The zero-order valence-corrected chi connectivity index (χ0v) is 13.4. The molecule has 1 N–H and O–H groups in total. The van der Waals surface area contributed by atoms with Gasteiger partial charge in [0.15, 0.2) is 0 Å². The molecular formula is C19H16ClNO2. The van der Waals surface area contributed by atoms with Crippen LogP contribution < -0.4 is 0 Å². The molecule has 0 radical (unpaired) electrons. The minimum atomic E-state index is -0.886. The van der Waals surface area contributed by atoms with Crippen LogP contribution in [0.15, 0.2) is 60.7 Å². The molecular weight excluding hydrogens is 310 g/mol. The van der Waals surface area contributed by atoms with Crippen molar-refractivity contribution in [2.45, 2.75) is 13.5 Å². The second-order valence-corrected chi connectivity index (χ2v) is 5.84. The fraction of sp³-hybridized carbons (Fsp3) is 0.105. The van der Waals surface area contributed by atoms with Crippen molar-refractivity contribution < 1.29 is 9.90 Å². The van der Waals surface area contributed by atoms with Crippen molar-refractivity contribution in [1.82, 2.24) is 4.57 Å². The van der Waals surface area contributed by atoms with Crippen LogP contribution in [0.25, 0.3) is 22.5 Å². The lowest BCUT2D eigenvalue weighted by Crippen LogP contribution is -2.11. The van der Waals surface area contributed by atoms with E-state index in [1.54, 1.807) is 10.6 Å². The number of carbonyl (C=O) groups is 1. The summed E-state index contributed by atoms with van der Waals surface area (Å²) in [5.74, 6) is -0.886. The Morgan fingerprint density at radius 3 is 2.30 bits per heavy atom. The maximum atomic E-state index is 11.3. The molecule has 23 heavy (non-hydrogen) atoms. The highest BCUT2D eigenvalue weighted by atomic mass is 35.5. The lowest BCUT2D eigenvalue weighted by molar-refractivity contribution is -0.137. The molecule has 0 aliphatic carbocycles. The third-order valence-corrected chi connectivity index (χ3v) is 4.10. The van der Waals surface area contributed by atoms with Crippen LogP contribution in [0.3, 0.4) is 0 Å². The molecule has 0 saturated carbocycles. The number of hydrogen-bond acceptors (Lipinski definition) is 1. The van der Waals surface area contributed by atoms with Crippen LogP contribution in [0.2, 0.25) is 5.02 Å². The van der Waals surface area contributed by atoms with E-state index in [-0.39, 0.29) is 6.54 Å². The minimum Gasteiger partial charge on any atom is -0.480 e. The lowest BCUT2D eigenvalue weighted by Gasteiger charge is -2.13. The standard InChI is InChI=1S/C19H16ClNO2/c1-13-6-8-14(9-7-13)17-10-11-18(21(17)12-19(22)23)15-4-2-3-5-16(15)20/h2-11H,12H2,1H3,(H,22,23). The van der Waals surface area contributed by atoms with Crippen molar-refractivity contribution >= 4 is 17.6 Å². The molecule has 0 aliphatic rings. The zero-order chi connectivity index (χ0) is 16.4. The van der Waals surface area contributed by atoms with Gasteiger partial charge in [0.05, 0.1) is 5.69 Å². The Morgan fingerprint density at radius 1 is 1.00 bits per heavy atom. The summed E-state index contributed by atoms with van der Waals surface area (Å²) >= 11 is 6.28. The van der Waals surface area contributed by atoms with Gasteiger partial charge in [-0.15, -0.1) is 0 Å². The summed E-state index contributed by atoms with van der Waals surface area (Å²) in [6.45, 7) is 1.91. The van der Waals surface area contributed by atoms with E-state index in [9.17, 15) is 9.90 Å². The van der Waals surface area contributed by atoms with E-state index < -0.39 is 5.97 Å². The molecule has 3 rings (SSSR count). The topological polar surface area (TPSA) is 42.2 Å². The van der Waals surface area contributed by atoms with Gasteiger partial charge in [0.1, 0.15) is 6.54 Å². The molecule has 0 atom stereocenters. The summed E-state index contributed by atoms with van der Waals surface area (Å²) in [4.78, 5) is 11.3. The minimum absolute atomic E-state index is 0.114. The van der Waals surface area contributed by atoms with Crippen LogP contribution in [0, 0.1) is 6.92 Å². The SMILES string of the molecule is Cc1ccc(-c2ccc(-c3ccccc3Cl)n2CC(=O)O)cc1. The maximum absolute atomic E-state index is 11.3. The summed E-state index contributed by atoms with van der Waals surface area (Å²) in [7, 11) is 0. The zero-order valence-electron chi connectivity index (χ0n) is 12.7. The van der Waals surface area contributed by atoms with Gasteiger partial charge in [0.25, 0.3) is 0 Å². The van der Waals surface area contributed by atoms with Gasteiger partial charge in [-0.3, -0.25) is 4.79 Å². The quantitative estimate of drug-likeness (QED) is 0.743. The average molecular weight is 326 g/mol. The first-order chi connectivity index (χ1) is 11.1. The van der Waals surface area contributed by atoms with Gasteiger partial charge in [0.2, 0.25) is 0 Å². The number of aryl methyl sites for hydroxylation is 1. The summed E-state index contributed by atoms with van der Waals surface area (Å²) in [5.41, 5.74) is 4.64. The Bertz CT molecular complexity index is 850. The molecule has 0 aliphatic heterocycles. The number of aliphatic carboxylic acids is 1. The normalized spacial score (nSPS) is 10.7. The van der Waals surface area contributed by atoms with Gasteiger partial charge in [-0.1, -0.05) is 59.6 Å². The number of aromatic nitrogens is 1. The van der Waals surface area contributed by atoms with E-state index >= 15 is 0 Å². The third kappa shape index (κ3) is 3.15. The molecule has 2 aromatic carbocycles. The van der Waals surface area contributed by atoms with Crippen LogP contribution in [0.5, 0.6) is 0 Å². The molecule has 0 spiro atoms. The van der Waals surface area contributed by atoms with Gasteiger partial charge in [-0.05, 0) is 30.7 Å². The maximum Gasteiger partial charge on any atom is 0.323 e. The fourth-order valence-electron chi connectivity index (χ4n) is 2.65. The molecule has 0 bridgehead atoms. The molecule has 0 fully saturated rings. The first-order valence-corrected chi connectivity index (χ1v) is 7.67. The monoisotopic (exact) mass is 325 g/mol. The van der Waals surface area contributed by atoms with E-state index in [1.807, 2.05) is 61.5 Å². The molecule has 1 aromatic heterocycles. The number of carboxylic acids is 1. The highest BCUT2D eigenvalue weighted by molar-refractivity contribution is 6.33. The van der Waals surface area contributed by atoms with Gasteiger partial charge >= 0.3 is 5.97 Å². The number of rotatable bonds is 4. The van der Waals surface area contributed by atoms with Crippen LogP contribution >= 0.6 is 11.6 Å². The Balaban J connectivity index is 2.17. The first-order valence-electron chi connectivity index (χ1n) is 7.29. The van der Waals surface area contributed by atoms with E-state index in [4.69, 9.17) is 11.6 Å². The van der Waals surface area contributed by atoms with Gasteiger partial charge in [0, 0.05) is 16.3 Å². The molecule has 0 unspecified atom stereocenters. The molecule has 0 amide bonds. The lowest BCUT2D eigenvalue weighted by atomic mass is 10.1. The number of nitrogens with zero attached hydrogens (tertiary/aromatic N) is 1. The Hall–Kier alpha value is -2.52. The third-order valence-electron chi connectivity index (χ3n) is 3.77. The molecule has 0 saturated heterocycles. The summed E-state index contributed by atoms with van der Waals surface area (Å²) < 4.78 is 1.79. The Labute approximate surface area is 139 Å². The van der Waals surface area contributed by atoms with Crippen LogP contribution in [-0.2, 0) is 11.3 Å². The number of halogens is 1. The van der Waals surface area contributed by atoms with Crippen molar-refractivity contribution in [3.8, 4) is 22.5 Å². The second kappa shape index (κ2) is 6.31. The van der Waals surface area contributed by atoms with E-state index in [0.29, 0.717) is 5.02 Å². The fourth-order valence-corrected chi connectivity index (χ4v) is 2.89. The predicted molar refractivity (Wildman–Crippen MR) is 92.7 cm³/mol. The van der Waals surface area contributed by atoms with Crippen molar-refractivity contribution in [2.24, 2.45) is 0 Å². The number of hydrogen-bond donors (Lipinski definition) is 1. The summed E-state index contributed by atoms with van der Waals surface area (Å²) in [5, 5.41) is 9.89. The molecule has 116 valence electrons. The summed E-state index contributed by atoms with van der Waals surface area (Å²) in [6, 6.07) is 19.3. The van der Waals surface area contributed by atoms with E-state index in [2.05, 4.69) is 0 Å². The van der Waals surface area contributed by atoms with Crippen LogP contribution in [0.1, 0.15) is 5.56 Å². The Kier molecular flexibility index (Phi) is 4.22. The number of benzene rings is 2. The average Bonchev–Trinajstić information content (AvgIpc) is 2.91. The largest absolute Gasteiger partial charge is 0.480 e. The van der Waals surface area contributed by atoms with Crippen molar-refractivity contribution in [2.75, 3.05) is 0 Å². The molecule has 1 heterocycles. The molecule has 3 aromatic rings. The second-order valence-electron chi connectivity index (χ2n) is 5.43. The highest BCUT2D eigenvalue weighted by Crippen LogP contribution is 2.33. The van der Waals surface area contributed by atoms with Crippen molar-refractivity contribution in [3.05, 3.63) is 71.2 Å². The highest BCUT2D eigenvalue weighted by Gasteiger charge is 2.15.